The van der Waals surface area contributed by atoms with Gasteiger partial charge in [-0.15, -0.1) is 0 Å². The lowest BCUT2D eigenvalue weighted by Crippen LogP contribution is -2.31. The summed E-state index contributed by atoms with van der Waals surface area (Å²) in [6.07, 6.45) is 2.29. The van der Waals surface area contributed by atoms with Crippen molar-refractivity contribution < 1.29 is 0 Å². The number of aryl methyl sites for hydroxylation is 1. The molecular formula is C14H26N4OS. The van der Waals surface area contributed by atoms with E-state index in [-0.39, 0.29) is 5.69 Å². The number of rotatable bonds is 6. The third kappa shape index (κ3) is 3.67. The van der Waals surface area contributed by atoms with Crippen LogP contribution in [0, 0.1) is 0 Å². The SMILES string of the molecule is CCn1c(C2CCCNC2)nn(CCSC(C)C)c1=O. The molecular weight excluding hydrogens is 272 g/mol. The van der Waals surface area contributed by atoms with Crippen LogP contribution in [-0.2, 0) is 13.1 Å². The Morgan fingerprint density at radius 3 is 2.90 bits per heavy atom. The molecule has 6 heteroatoms. The van der Waals surface area contributed by atoms with E-state index in [1.54, 1.807) is 4.68 Å². The first kappa shape index (κ1) is 15.6. The summed E-state index contributed by atoms with van der Waals surface area (Å²) in [6.45, 7) is 9.82. The first-order chi connectivity index (χ1) is 9.63. The zero-order chi connectivity index (χ0) is 14.5. The van der Waals surface area contributed by atoms with E-state index in [1.807, 2.05) is 23.3 Å². The quantitative estimate of drug-likeness (QED) is 0.868. The lowest BCUT2D eigenvalue weighted by molar-refractivity contribution is 0.431. The van der Waals surface area contributed by atoms with Crippen LogP contribution in [0.2, 0.25) is 0 Å². The molecule has 2 rings (SSSR count). The van der Waals surface area contributed by atoms with Crippen LogP contribution in [0.15, 0.2) is 4.79 Å². The molecule has 114 valence electrons. The van der Waals surface area contributed by atoms with E-state index < -0.39 is 0 Å². The van der Waals surface area contributed by atoms with Gasteiger partial charge in [-0.2, -0.15) is 16.9 Å². The smallest absolute Gasteiger partial charge is 0.316 e. The van der Waals surface area contributed by atoms with Gasteiger partial charge in [0.25, 0.3) is 0 Å². The molecule has 1 atom stereocenters. The van der Waals surface area contributed by atoms with Crippen molar-refractivity contribution in [3.8, 4) is 0 Å². The Labute approximate surface area is 125 Å². The highest BCUT2D eigenvalue weighted by molar-refractivity contribution is 7.99. The van der Waals surface area contributed by atoms with Crippen molar-refractivity contribution in [2.45, 2.75) is 57.9 Å². The van der Waals surface area contributed by atoms with Crippen molar-refractivity contribution in [1.29, 1.82) is 0 Å². The van der Waals surface area contributed by atoms with E-state index in [2.05, 4.69) is 24.3 Å². The first-order valence-electron chi connectivity index (χ1n) is 7.63. The highest BCUT2D eigenvalue weighted by Crippen LogP contribution is 2.20. The third-order valence-electron chi connectivity index (χ3n) is 3.68. The molecule has 20 heavy (non-hydrogen) atoms. The maximum absolute atomic E-state index is 12.4. The minimum atomic E-state index is 0.0532. The van der Waals surface area contributed by atoms with Crippen LogP contribution in [0.3, 0.4) is 0 Å². The Hall–Kier alpha value is -0.750. The Balaban J connectivity index is 2.13. The Morgan fingerprint density at radius 2 is 2.30 bits per heavy atom. The molecule has 0 saturated carbocycles. The Kier molecular flexibility index (Phi) is 5.72. The topological polar surface area (TPSA) is 51.9 Å². The molecule has 1 aliphatic rings. The molecule has 1 unspecified atom stereocenters. The number of hydrogen-bond donors (Lipinski definition) is 1. The normalized spacial score (nSPS) is 19.7. The molecule has 1 N–H and O–H groups in total. The molecule has 0 radical (unpaired) electrons. The second-order valence-electron chi connectivity index (χ2n) is 5.57. The van der Waals surface area contributed by atoms with E-state index in [4.69, 9.17) is 0 Å². The maximum atomic E-state index is 12.4. The van der Waals surface area contributed by atoms with E-state index in [1.165, 1.54) is 6.42 Å². The average Bonchev–Trinajstić information content (AvgIpc) is 2.76. The van der Waals surface area contributed by atoms with E-state index in [9.17, 15) is 4.79 Å². The fraction of sp³-hybridized carbons (Fsp3) is 0.857. The van der Waals surface area contributed by atoms with Crippen molar-refractivity contribution in [2.24, 2.45) is 0 Å². The molecule has 1 aliphatic heterocycles. The van der Waals surface area contributed by atoms with Gasteiger partial charge in [0.1, 0.15) is 5.82 Å². The van der Waals surface area contributed by atoms with Crippen molar-refractivity contribution in [2.75, 3.05) is 18.8 Å². The van der Waals surface area contributed by atoms with Crippen molar-refractivity contribution >= 4 is 11.8 Å². The minimum absolute atomic E-state index is 0.0532. The monoisotopic (exact) mass is 298 g/mol. The van der Waals surface area contributed by atoms with Gasteiger partial charge < -0.3 is 5.32 Å². The first-order valence-corrected chi connectivity index (χ1v) is 8.68. The molecule has 1 fully saturated rings. The number of thioether (sulfide) groups is 1. The predicted octanol–water partition coefficient (Wildman–Crippen LogP) is 1.67. The summed E-state index contributed by atoms with van der Waals surface area (Å²) in [4.78, 5) is 12.4. The van der Waals surface area contributed by atoms with Gasteiger partial charge in [0.2, 0.25) is 0 Å². The van der Waals surface area contributed by atoms with E-state index in [0.29, 0.717) is 24.3 Å². The Morgan fingerprint density at radius 1 is 1.50 bits per heavy atom. The van der Waals surface area contributed by atoms with Crippen LogP contribution >= 0.6 is 11.8 Å². The fourth-order valence-electron chi connectivity index (χ4n) is 2.65. The average molecular weight is 298 g/mol. The van der Waals surface area contributed by atoms with Gasteiger partial charge in [-0.05, 0) is 31.6 Å². The standard InChI is InChI=1S/C14H26N4OS/c1-4-17-13(12-6-5-7-15-10-12)16-18(14(17)19)8-9-20-11(2)3/h11-12,15H,4-10H2,1-3H3. The van der Waals surface area contributed by atoms with Crippen LogP contribution in [-0.4, -0.2) is 38.4 Å². The molecule has 0 spiro atoms. The zero-order valence-electron chi connectivity index (χ0n) is 12.8. The van der Waals surface area contributed by atoms with Gasteiger partial charge in [0.05, 0.1) is 6.54 Å². The van der Waals surface area contributed by atoms with Crippen molar-refractivity contribution in [3.05, 3.63) is 16.3 Å². The van der Waals surface area contributed by atoms with Gasteiger partial charge in [0, 0.05) is 24.8 Å². The molecule has 2 heterocycles. The van der Waals surface area contributed by atoms with Gasteiger partial charge in [-0.25, -0.2) is 9.48 Å². The van der Waals surface area contributed by atoms with Gasteiger partial charge in [0.15, 0.2) is 0 Å². The van der Waals surface area contributed by atoms with Crippen LogP contribution in [0.4, 0.5) is 0 Å². The second-order valence-corrected chi connectivity index (χ2v) is 7.26. The van der Waals surface area contributed by atoms with E-state index >= 15 is 0 Å². The summed E-state index contributed by atoms with van der Waals surface area (Å²) in [7, 11) is 0. The highest BCUT2D eigenvalue weighted by atomic mass is 32.2. The van der Waals surface area contributed by atoms with Crippen LogP contribution < -0.4 is 11.0 Å². The minimum Gasteiger partial charge on any atom is -0.316 e. The number of hydrogen-bond acceptors (Lipinski definition) is 4. The van der Waals surface area contributed by atoms with E-state index in [0.717, 1.165) is 31.1 Å². The largest absolute Gasteiger partial charge is 0.345 e. The molecule has 0 aliphatic carbocycles. The fourth-order valence-corrected chi connectivity index (χ4v) is 3.40. The molecule has 0 amide bonds. The van der Waals surface area contributed by atoms with Gasteiger partial charge >= 0.3 is 5.69 Å². The molecule has 0 aromatic carbocycles. The van der Waals surface area contributed by atoms with Crippen LogP contribution in [0.25, 0.3) is 0 Å². The molecule has 1 aromatic rings. The molecule has 5 nitrogen and oxygen atoms in total. The number of nitrogens with zero attached hydrogens (tertiary/aromatic N) is 3. The van der Waals surface area contributed by atoms with Gasteiger partial charge in [-0.1, -0.05) is 13.8 Å². The lowest BCUT2D eigenvalue weighted by atomic mass is 9.99. The summed E-state index contributed by atoms with van der Waals surface area (Å²) in [5, 5.41) is 8.62. The summed E-state index contributed by atoms with van der Waals surface area (Å²) in [6, 6.07) is 0. The van der Waals surface area contributed by atoms with Gasteiger partial charge in [-0.3, -0.25) is 4.57 Å². The predicted molar refractivity (Wildman–Crippen MR) is 84.6 cm³/mol. The summed E-state index contributed by atoms with van der Waals surface area (Å²) >= 11 is 1.87. The third-order valence-corrected chi connectivity index (χ3v) is 4.77. The zero-order valence-corrected chi connectivity index (χ0v) is 13.6. The number of nitrogens with one attached hydrogen (secondary N) is 1. The Bertz CT molecular complexity index is 474. The molecule has 1 saturated heterocycles. The number of piperidine rings is 1. The summed E-state index contributed by atoms with van der Waals surface area (Å²) in [5.41, 5.74) is 0.0532. The van der Waals surface area contributed by atoms with Crippen LogP contribution in [0.1, 0.15) is 45.4 Å². The summed E-state index contributed by atoms with van der Waals surface area (Å²) in [5.74, 6) is 2.30. The lowest BCUT2D eigenvalue weighted by Gasteiger charge is -2.21. The second kappa shape index (κ2) is 7.31. The molecule has 1 aromatic heterocycles. The molecule has 0 bridgehead atoms. The number of aromatic nitrogens is 3. The maximum Gasteiger partial charge on any atom is 0.345 e. The summed E-state index contributed by atoms with van der Waals surface area (Å²) < 4.78 is 3.50. The van der Waals surface area contributed by atoms with Crippen LogP contribution in [0.5, 0.6) is 0 Å². The highest BCUT2D eigenvalue weighted by Gasteiger charge is 2.23. The van der Waals surface area contributed by atoms with Crippen molar-refractivity contribution in [3.63, 3.8) is 0 Å². The van der Waals surface area contributed by atoms with Crippen molar-refractivity contribution in [1.82, 2.24) is 19.7 Å².